The first kappa shape index (κ1) is 14.1. The van der Waals surface area contributed by atoms with Gasteiger partial charge in [-0.1, -0.05) is 0 Å². The minimum absolute atomic E-state index is 0.132. The molecule has 0 spiro atoms. The van der Waals surface area contributed by atoms with Crippen molar-refractivity contribution >= 4 is 21.4 Å². The van der Waals surface area contributed by atoms with Crippen molar-refractivity contribution < 1.29 is 12.8 Å². The van der Waals surface area contributed by atoms with Gasteiger partial charge < -0.3 is 10.3 Å². The molecule has 0 bridgehead atoms. The fraction of sp³-hybridized carbons (Fsp3) is 0.0833. The Morgan fingerprint density at radius 2 is 1.95 bits per heavy atom. The van der Waals surface area contributed by atoms with E-state index in [1.807, 2.05) is 0 Å². The van der Waals surface area contributed by atoms with E-state index in [2.05, 4.69) is 4.72 Å². The van der Waals surface area contributed by atoms with Crippen LogP contribution in [0.4, 0.5) is 15.8 Å². The highest BCUT2D eigenvalue weighted by atomic mass is 32.2. The predicted octanol–water partition coefficient (Wildman–Crippen LogP) is 0.907. The van der Waals surface area contributed by atoms with Crippen LogP contribution in [0.15, 0.2) is 46.2 Å². The van der Waals surface area contributed by atoms with E-state index in [4.69, 9.17) is 5.73 Å². The van der Waals surface area contributed by atoms with Crippen LogP contribution in [-0.2, 0) is 17.1 Å². The molecule has 2 aromatic rings. The van der Waals surface area contributed by atoms with Gasteiger partial charge in [0.05, 0.1) is 5.69 Å². The van der Waals surface area contributed by atoms with Crippen molar-refractivity contribution in [3.05, 3.63) is 52.7 Å². The third kappa shape index (κ3) is 2.80. The minimum atomic E-state index is -4.12. The molecule has 0 radical (unpaired) electrons. The lowest BCUT2D eigenvalue weighted by atomic mass is 10.3. The van der Waals surface area contributed by atoms with E-state index in [0.717, 1.165) is 12.1 Å². The van der Waals surface area contributed by atoms with E-state index in [1.165, 1.54) is 36.0 Å². The first-order valence-electron chi connectivity index (χ1n) is 5.54. The van der Waals surface area contributed by atoms with Crippen molar-refractivity contribution in [1.82, 2.24) is 4.57 Å². The fourth-order valence-electron chi connectivity index (χ4n) is 1.59. The summed E-state index contributed by atoms with van der Waals surface area (Å²) in [4.78, 5) is 10.7. The van der Waals surface area contributed by atoms with E-state index < -0.39 is 20.7 Å². The predicted molar refractivity (Wildman–Crippen MR) is 73.3 cm³/mol. The highest BCUT2D eigenvalue weighted by Gasteiger charge is 2.19. The van der Waals surface area contributed by atoms with E-state index in [9.17, 15) is 17.6 Å². The normalized spacial score (nSPS) is 11.3. The summed E-state index contributed by atoms with van der Waals surface area (Å²) in [6.45, 7) is 0. The van der Waals surface area contributed by atoms with Gasteiger partial charge in [0.1, 0.15) is 10.7 Å². The lowest BCUT2D eigenvalue weighted by molar-refractivity contribution is 0.570. The van der Waals surface area contributed by atoms with Crippen LogP contribution in [0, 0.1) is 5.82 Å². The van der Waals surface area contributed by atoms with Gasteiger partial charge in [0, 0.05) is 25.0 Å². The Balaban J connectivity index is 2.43. The van der Waals surface area contributed by atoms with Crippen LogP contribution in [0.5, 0.6) is 0 Å². The van der Waals surface area contributed by atoms with Crippen molar-refractivity contribution in [2.75, 3.05) is 10.5 Å². The smallest absolute Gasteiger partial charge is 0.264 e. The summed E-state index contributed by atoms with van der Waals surface area (Å²) in [6.07, 6.45) is 1.30. The average Bonchev–Trinajstić information content (AvgIpc) is 2.36. The lowest BCUT2D eigenvalue weighted by Crippen LogP contribution is -2.19. The van der Waals surface area contributed by atoms with E-state index in [-0.39, 0.29) is 16.9 Å². The number of sulfonamides is 1. The molecule has 0 saturated carbocycles. The third-order valence-corrected chi connectivity index (χ3v) is 3.98. The molecule has 0 amide bonds. The summed E-state index contributed by atoms with van der Waals surface area (Å²) in [6, 6.07) is 5.77. The van der Waals surface area contributed by atoms with Gasteiger partial charge in [0.15, 0.2) is 0 Å². The lowest BCUT2D eigenvalue weighted by Gasteiger charge is -2.10. The number of nitrogen functional groups attached to an aromatic ring is 1. The molecule has 0 aliphatic heterocycles. The van der Waals surface area contributed by atoms with Gasteiger partial charge in [0.25, 0.3) is 10.0 Å². The van der Waals surface area contributed by atoms with Crippen LogP contribution in [0.25, 0.3) is 0 Å². The number of anilines is 2. The molecule has 0 unspecified atom stereocenters. The number of nitrogens with zero attached hydrogens (tertiary/aromatic N) is 1. The van der Waals surface area contributed by atoms with Gasteiger partial charge >= 0.3 is 0 Å². The fourth-order valence-corrected chi connectivity index (χ4v) is 2.75. The van der Waals surface area contributed by atoms with Gasteiger partial charge in [-0.25, -0.2) is 12.8 Å². The molecule has 8 heteroatoms. The molecule has 106 valence electrons. The molecule has 0 saturated heterocycles. The Morgan fingerprint density at radius 3 is 2.60 bits per heavy atom. The number of pyridine rings is 1. The molecule has 6 nitrogen and oxygen atoms in total. The molecule has 0 fully saturated rings. The van der Waals surface area contributed by atoms with Crippen molar-refractivity contribution in [2.45, 2.75) is 4.90 Å². The molecular weight excluding hydrogens is 285 g/mol. The quantitative estimate of drug-likeness (QED) is 0.823. The number of hydrogen-bond acceptors (Lipinski definition) is 4. The van der Waals surface area contributed by atoms with Crippen LogP contribution >= 0.6 is 0 Å². The SMILES string of the molecule is Cn1cc(NS(=O)(=O)c2cc(N)ccc2F)ccc1=O. The number of nitrogens with two attached hydrogens (primary N) is 1. The summed E-state index contributed by atoms with van der Waals surface area (Å²) < 4.78 is 41.1. The number of rotatable bonds is 3. The molecule has 0 atom stereocenters. The topological polar surface area (TPSA) is 94.2 Å². The largest absolute Gasteiger partial charge is 0.399 e. The number of halogens is 1. The van der Waals surface area contributed by atoms with Crippen molar-refractivity contribution in [1.29, 1.82) is 0 Å². The first-order chi connectivity index (χ1) is 9.29. The zero-order valence-corrected chi connectivity index (χ0v) is 11.3. The monoisotopic (exact) mass is 297 g/mol. The molecule has 1 aromatic carbocycles. The van der Waals surface area contributed by atoms with Crippen LogP contribution in [0.1, 0.15) is 0 Å². The number of aryl methyl sites for hydroxylation is 1. The second-order valence-corrected chi connectivity index (χ2v) is 5.81. The molecule has 1 heterocycles. The summed E-state index contributed by atoms with van der Waals surface area (Å²) in [5.74, 6) is -0.906. The van der Waals surface area contributed by atoms with Crippen LogP contribution in [-0.4, -0.2) is 13.0 Å². The summed E-state index contributed by atoms with van der Waals surface area (Å²) in [5.41, 5.74) is 5.45. The highest BCUT2D eigenvalue weighted by Crippen LogP contribution is 2.20. The van der Waals surface area contributed by atoms with Gasteiger partial charge in [0.2, 0.25) is 5.56 Å². The second-order valence-electron chi connectivity index (χ2n) is 4.16. The zero-order valence-electron chi connectivity index (χ0n) is 10.5. The number of nitrogens with one attached hydrogen (secondary N) is 1. The third-order valence-electron chi connectivity index (χ3n) is 2.58. The van der Waals surface area contributed by atoms with Crippen LogP contribution in [0.3, 0.4) is 0 Å². The van der Waals surface area contributed by atoms with Crippen molar-refractivity contribution in [3.8, 4) is 0 Å². The Kier molecular flexibility index (Phi) is 3.49. The van der Waals surface area contributed by atoms with Crippen molar-refractivity contribution in [2.24, 2.45) is 7.05 Å². The molecule has 20 heavy (non-hydrogen) atoms. The molecular formula is C12H12FN3O3S. The zero-order chi connectivity index (χ0) is 14.9. The number of aromatic nitrogens is 1. The summed E-state index contributed by atoms with van der Waals surface area (Å²) >= 11 is 0. The van der Waals surface area contributed by atoms with Crippen molar-refractivity contribution in [3.63, 3.8) is 0 Å². The molecule has 3 N–H and O–H groups in total. The summed E-state index contributed by atoms with van der Waals surface area (Å²) in [5, 5.41) is 0. The molecule has 1 aromatic heterocycles. The maximum atomic E-state index is 13.6. The van der Waals surface area contributed by atoms with Gasteiger partial charge in [-0.3, -0.25) is 9.52 Å². The number of hydrogen-bond donors (Lipinski definition) is 2. The van der Waals surface area contributed by atoms with E-state index in [1.54, 1.807) is 0 Å². The second kappa shape index (κ2) is 4.97. The van der Waals surface area contributed by atoms with Gasteiger partial charge in [-0.2, -0.15) is 0 Å². The van der Waals surface area contributed by atoms with Crippen LogP contribution in [0.2, 0.25) is 0 Å². The minimum Gasteiger partial charge on any atom is -0.399 e. The maximum absolute atomic E-state index is 13.6. The van der Waals surface area contributed by atoms with Gasteiger partial charge in [-0.05, 0) is 24.3 Å². The molecule has 0 aliphatic rings. The first-order valence-corrected chi connectivity index (χ1v) is 7.02. The van der Waals surface area contributed by atoms with Gasteiger partial charge in [-0.15, -0.1) is 0 Å². The molecule has 2 rings (SSSR count). The molecule has 0 aliphatic carbocycles. The Hall–Kier alpha value is -2.35. The summed E-state index contributed by atoms with van der Waals surface area (Å²) in [7, 11) is -2.64. The van der Waals surface area contributed by atoms with Crippen LogP contribution < -0.4 is 16.0 Å². The number of benzene rings is 1. The standard InChI is InChI=1S/C12H12FN3O3S/c1-16-7-9(3-5-12(16)17)15-20(18,19)11-6-8(14)2-4-10(11)13/h2-7,15H,14H2,1H3. The Morgan fingerprint density at radius 1 is 1.25 bits per heavy atom. The maximum Gasteiger partial charge on any atom is 0.264 e. The Labute approximate surface area is 114 Å². The average molecular weight is 297 g/mol. The van der Waals surface area contributed by atoms with E-state index >= 15 is 0 Å². The Bertz CT molecular complexity index is 815. The van der Waals surface area contributed by atoms with E-state index in [0.29, 0.717) is 0 Å². The highest BCUT2D eigenvalue weighted by molar-refractivity contribution is 7.92.